The fourth-order valence-corrected chi connectivity index (χ4v) is 2.40. The molecule has 0 radical (unpaired) electrons. The van der Waals surface area contributed by atoms with Crippen molar-refractivity contribution in [3.05, 3.63) is 29.8 Å². The normalized spacial score (nSPS) is 10.9. The van der Waals surface area contributed by atoms with E-state index in [0.717, 1.165) is 0 Å². The van der Waals surface area contributed by atoms with Crippen molar-refractivity contribution in [2.45, 2.75) is 46.1 Å². The molecule has 0 saturated carbocycles. The van der Waals surface area contributed by atoms with Crippen LogP contribution in [0, 0.1) is 0 Å². The molecule has 0 atom stereocenters. The summed E-state index contributed by atoms with van der Waals surface area (Å²) in [6.45, 7) is 8.46. The predicted molar refractivity (Wildman–Crippen MR) is 96.8 cm³/mol. The van der Waals surface area contributed by atoms with E-state index in [1.807, 2.05) is 13.8 Å². The number of carboxylic acid groups (broad SMARTS) is 1. The standard InChI is InChI=1S/C18H27N3O4/c1-5-21(6-2)16(24)13-9-7-8-10-14(13)19-17(25)20-18(3,4)12-11-15(22)23/h7-10H,5-6,11-12H2,1-4H3,(H,22,23)(H2,19,20,25). The number of nitrogens with one attached hydrogen (secondary N) is 2. The first kappa shape index (κ1) is 20.5. The number of aliphatic carboxylic acids is 1. The molecule has 7 nitrogen and oxygen atoms in total. The van der Waals surface area contributed by atoms with Crippen molar-refractivity contribution in [3.8, 4) is 0 Å². The molecule has 0 spiro atoms. The minimum atomic E-state index is -0.912. The monoisotopic (exact) mass is 349 g/mol. The van der Waals surface area contributed by atoms with E-state index in [0.29, 0.717) is 30.8 Å². The highest BCUT2D eigenvalue weighted by Gasteiger charge is 2.23. The molecule has 138 valence electrons. The Labute approximate surface area is 148 Å². The lowest BCUT2D eigenvalue weighted by atomic mass is 9.99. The third-order valence-corrected chi connectivity index (χ3v) is 3.87. The number of rotatable bonds is 8. The minimum absolute atomic E-state index is 0.0374. The van der Waals surface area contributed by atoms with Crippen molar-refractivity contribution >= 4 is 23.6 Å². The van der Waals surface area contributed by atoms with Crippen molar-refractivity contribution in [2.24, 2.45) is 0 Å². The number of anilines is 1. The van der Waals surface area contributed by atoms with E-state index in [9.17, 15) is 14.4 Å². The molecule has 7 heteroatoms. The molecular formula is C18H27N3O4. The van der Waals surface area contributed by atoms with Crippen molar-refractivity contribution in [1.82, 2.24) is 10.2 Å². The Bertz CT molecular complexity index is 625. The molecule has 0 heterocycles. The zero-order valence-corrected chi connectivity index (χ0v) is 15.3. The summed E-state index contributed by atoms with van der Waals surface area (Å²) in [6.07, 6.45) is 0.264. The van der Waals surface area contributed by atoms with Crippen LogP contribution in [0.1, 0.15) is 50.9 Å². The Morgan fingerprint density at radius 3 is 2.28 bits per heavy atom. The van der Waals surface area contributed by atoms with Gasteiger partial charge < -0.3 is 20.6 Å². The van der Waals surface area contributed by atoms with Crippen LogP contribution in [0.4, 0.5) is 10.5 Å². The number of hydrogen-bond acceptors (Lipinski definition) is 3. The van der Waals surface area contributed by atoms with Crippen molar-refractivity contribution in [3.63, 3.8) is 0 Å². The quantitative estimate of drug-likeness (QED) is 0.672. The van der Waals surface area contributed by atoms with Crippen LogP contribution in [-0.4, -0.2) is 46.5 Å². The molecule has 0 bridgehead atoms. The second-order valence-corrected chi connectivity index (χ2v) is 6.38. The number of urea groups is 1. The lowest BCUT2D eigenvalue weighted by Gasteiger charge is -2.26. The molecule has 3 amide bonds. The van der Waals surface area contributed by atoms with Gasteiger partial charge in [-0.1, -0.05) is 12.1 Å². The van der Waals surface area contributed by atoms with Crippen molar-refractivity contribution < 1.29 is 19.5 Å². The van der Waals surface area contributed by atoms with Crippen LogP contribution in [0.25, 0.3) is 0 Å². The molecule has 1 aromatic carbocycles. The zero-order valence-electron chi connectivity index (χ0n) is 15.3. The van der Waals surface area contributed by atoms with Gasteiger partial charge in [0, 0.05) is 25.0 Å². The lowest BCUT2D eigenvalue weighted by Crippen LogP contribution is -2.46. The SMILES string of the molecule is CCN(CC)C(=O)c1ccccc1NC(=O)NC(C)(C)CCC(=O)O. The predicted octanol–water partition coefficient (Wildman–Crippen LogP) is 2.93. The van der Waals surface area contributed by atoms with Crippen LogP contribution in [-0.2, 0) is 4.79 Å². The molecule has 0 aliphatic heterocycles. The smallest absolute Gasteiger partial charge is 0.319 e. The van der Waals surface area contributed by atoms with Gasteiger partial charge in [0.05, 0.1) is 11.3 Å². The fourth-order valence-electron chi connectivity index (χ4n) is 2.40. The van der Waals surface area contributed by atoms with Gasteiger partial charge in [0.2, 0.25) is 0 Å². The van der Waals surface area contributed by atoms with Gasteiger partial charge in [-0.15, -0.1) is 0 Å². The van der Waals surface area contributed by atoms with Gasteiger partial charge in [0.25, 0.3) is 5.91 Å². The molecule has 1 rings (SSSR count). The van der Waals surface area contributed by atoms with E-state index in [4.69, 9.17) is 5.11 Å². The molecule has 1 aromatic rings. The molecule has 0 saturated heterocycles. The number of nitrogens with zero attached hydrogens (tertiary/aromatic N) is 1. The Balaban J connectivity index is 2.84. The maximum absolute atomic E-state index is 12.6. The number of hydrogen-bond donors (Lipinski definition) is 3. The first-order chi connectivity index (χ1) is 11.7. The first-order valence-electron chi connectivity index (χ1n) is 8.39. The summed E-state index contributed by atoms with van der Waals surface area (Å²) in [5, 5.41) is 14.2. The summed E-state index contributed by atoms with van der Waals surface area (Å²) < 4.78 is 0. The molecule has 0 aliphatic rings. The van der Waals surface area contributed by atoms with Gasteiger partial charge in [0.15, 0.2) is 0 Å². The van der Waals surface area contributed by atoms with Gasteiger partial charge in [-0.3, -0.25) is 9.59 Å². The molecule has 3 N–H and O–H groups in total. The van der Waals surface area contributed by atoms with Crippen LogP contribution < -0.4 is 10.6 Å². The van der Waals surface area contributed by atoms with Crippen LogP contribution in [0.3, 0.4) is 0 Å². The van der Waals surface area contributed by atoms with Crippen LogP contribution >= 0.6 is 0 Å². The van der Waals surface area contributed by atoms with Crippen LogP contribution in [0.15, 0.2) is 24.3 Å². The van der Waals surface area contributed by atoms with E-state index in [-0.39, 0.29) is 12.3 Å². The van der Waals surface area contributed by atoms with Gasteiger partial charge in [-0.2, -0.15) is 0 Å². The highest BCUT2D eigenvalue weighted by molar-refractivity contribution is 6.03. The van der Waals surface area contributed by atoms with Crippen LogP contribution in [0.5, 0.6) is 0 Å². The Kier molecular flexibility index (Phi) is 7.42. The summed E-state index contributed by atoms with van der Waals surface area (Å²) in [5.41, 5.74) is 0.163. The van der Waals surface area contributed by atoms with Crippen molar-refractivity contribution in [2.75, 3.05) is 18.4 Å². The third kappa shape index (κ3) is 6.45. The lowest BCUT2D eigenvalue weighted by molar-refractivity contribution is -0.137. The Hall–Kier alpha value is -2.57. The molecule has 0 aliphatic carbocycles. The summed E-state index contributed by atoms with van der Waals surface area (Å²) in [6, 6.07) is 6.35. The van der Waals surface area contributed by atoms with Gasteiger partial charge in [-0.25, -0.2) is 4.79 Å². The van der Waals surface area contributed by atoms with E-state index in [2.05, 4.69) is 10.6 Å². The maximum Gasteiger partial charge on any atom is 0.319 e. The average Bonchev–Trinajstić information content (AvgIpc) is 2.54. The summed E-state index contributed by atoms with van der Waals surface area (Å²) in [4.78, 5) is 37.2. The molecule has 25 heavy (non-hydrogen) atoms. The summed E-state index contributed by atoms with van der Waals surface area (Å²) in [7, 11) is 0. The van der Waals surface area contributed by atoms with E-state index < -0.39 is 17.5 Å². The highest BCUT2D eigenvalue weighted by Crippen LogP contribution is 2.18. The van der Waals surface area contributed by atoms with Gasteiger partial charge >= 0.3 is 12.0 Å². The van der Waals surface area contributed by atoms with Crippen molar-refractivity contribution in [1.29, 1.82) is 0 Å². The Morgan fingerprint density at radius 2 is 1.72 bits per heavy atom. The Morgan fingerprint density at radius 1 is 1.12 bits per heavy atom. The second-order valence-electron chi connectivity index (χ2n) is 6.38. The minimum Gasteiger partial charge on any atom is -0.481 e. The number of para-hydroxylation sites is 1. The second kappa shape index (κ2) is 9.05. The zero-order chi connectivity index (χ0) is 19.0. The number of amides is 3. The van der Waals surface area contributed by atoms with Gasteiger partial charge in [-0.05, 0) is 46.2 Å². The average molecular weight is 349 g/mol. The van der Waals surface area contributed by atoms with E-state index in [1.54, 1.807) is 43.0 Å². The summed E-state index contributed by atoms with van der Waals surface area (Å²) in [5.74, 6) is -1.06. The highest BCUT2D eigenvalue weighted by atomic mass is 16.4. The summed E-state index contributed by atoms with van der Waals surface area (Å²) >= 11 is 0. The fraction of sp³-hybridized carbons (Fsp3) is 0.500. The first-order valence-corrected chi connectivity index (χ1v) is 8.39. The molecule has 0 aromatic heterocycles. The van der Waals surface area contributed by atoms with E-state index >= 15 is 0 Å². The third-order valence-electron chi connectivity index (χ3n) is 3.87. The number of carboxylic acids is 1. The maximum atomic E-state index is 12.6. The molecule has 0 fully saturated rings. The topological polar surface area (TPSA) is 98.7 Å². The largest absolute Gasteiger partial charge is 0.481 e. The number of carbonyl (C=O) groups is 3. The molecular weight excluding hydrogens is 322 g/mol. The van der Waals surface area contributed by atoms with E-state index in [1.165, 1.54) is 0 Å². The molecule has 0 unspecified atom stereocenters. The number of benzene rings is 1. The van der Waals surface area contributed by atoms with Gasteiger partial charge in [0.1, 0.15) is 0 Å². The van der Waals surface area contributed by atoms with Crippen LogP contribution in [0.2, 0.25) is 0 Å². The number of carbonyl (C=O) groups excluding carboxylic acids is 2.